The number of H-pyrrole nitrogens is 1. The molecule has 0 atom stereocenters. The van der Waals surface area contributed by atoms with E-state index in [1.54, 1.807) is 6.20 Å². The number of nitro groups is 1. The van der Waals surface area contributed by atoms with Crippen LogP contribution in [0.1, 0.15) is 11.3 Å². The number of rotatable bonds is 4. The van der Waals surface area contributed by atoms with Crippen molar-refractivity contribution < 1.29 is 4.92 Å². The van der Waals surface area contributed by atoms with E-state index in [1.807, 2.05) is 40.1 Å². The van der Waals surface area contributed by atoms with Crippen LogP contribution >= 0.6 is 0 Å². The van der Waals surface area contributed by atoms with Crippen molar-refractivity contribution in [2.75, 3.05) is 47.4 Å². The fraction of sp³-hybridized carbons (Fsp3) is 0.292. The van der Waals surface area contributed by atoms with E-state index in [2.05, 4.69) is 37.0 Å². The Bertz CT molecular complexity index is 1350. The summed E-state index contributed by atoms with van der Waals surface area (Å²) in [4.78, 5) is 34.7. The lowest BCUT2D eigenvalue weighted by Crippen LogP contribution is -2.47. The summed E-state index contributed by atoms with van der Waals surface area (Å²) in [5.41, 5.74) is 3.45. The second-order valence-electron chi connectivity index (χ2n) is 8.59. The molecule has 10 heteroatoms. The second-order valence-corrected chi connectivity index (χ2v) is 8.59. The van der Waals surface area contributed by atoms with E-state index in [9.17, 15) is 10.1 Å². The van der Waals surface area contributed by atoms with E-state index in [-0.39, 0.29) is 10.6 Å². The number of anilines is 3. The molecule has 5 heterocycles. The van der Waals surface area contributed by atoms with Gasteiger partial charge in [0.25, 0.3) is 0 Å². The SMILES string of the molecule is O=[N+]([O-])c1c(N2CCN(c3ccccn3)CC2)ncnc1N1CCc2c([nH]c3ccccc23)C1. The third-order valence-electron chi connectivity index (χ3n) is 6.70. The molecular formula is C24H24N8O2. The van der Waals surface area contributed by atoms with Gasteiger partial charge in [0, 0.05) is 55.5 Å². The quantitative estimate of drug-likeness (QED) is 0.369. The van der Waals surface area contributed by atoms with Gasteiger partial charge < -0.3 is 19.7 Å². The number of nitrogens with zero attached hydrogens (tertiary/aromatic N) is 7. The van der Waals surface area contributed by atoms with E-state index < -0.39 is 0 Å². The summed E-state index contributed by atoms with van der Waals surface area (Å²) in [6.45, 7) is 3.90. The Balaban J connectivity index is 1.28. The number of pyridine rings is 1. The molecule has 6 rings (SSSR count). The van der Waals surface area contributed by atoms with E-state index >= 15 is 0 Å². The van der Waals surface area contributed by atoms with Crippen LogP contribution < -0.4 is 14.7 Å². The van der Waals surface area contributed by atoms with Crippen molar-refractivity contribution in [3.8, 4) is 0 Å². The molecule has 0 bridgehead atoms. The number of hydrogen-bond acceptors (Lipinski definition) is 8. The standard InChI is InChI=1S/C24H24N8O2/c33-32(34)22-23(30-13-11-29(12-14-30)21-7-3-4-9-25-21)26-16-27-24(22)31-10-8-18-17-5-1-2-6-19(17)28-20(18)15-31/h1-7,9,16,28H,8,10-15H2. The van der Waals surface area contributed by atoms with Gasteiger partial charge in [-0.05, 0) is 30.2 Å². The van der Waals surface area contributed by atoms with Crippen LogP contribution in [0, 0.1) is 10.1 Å². The normalized spacial score (nSPS) is 16.1. The maximum atomic E-state index is 12.2. The van der Waals surface area contributed by atoms with Crippen molar-refractivity contribution in [3.63, 3.8) is 0 Å². The molecule has 4 aromatic rings. The Morgan fingerprint density at radius 3 is 2.35 bits per heavy atom. The Hall–Kier alpha value is -4.21. The summed E-state index contributed by atoms with van der Waals surface area (Å²) in [6.07, 6.45) is 4.03. The number of piperazine rings is 1. The van der Waals surface area contributed by atoms with Crippen molar-refractivity contribution in [3.05, 3.63) is 76.4 Å². The molecule has 2 aliphatic heterocycles. The topological polar surface area (TPSA) is 107 Å². The molecule has 0 amide bonds. The summed E-state index contributed by atoms with van der Waals surface area (Å²) >= 11 is 0. The van der Waals surface area contributed by atoms with Crippen LogP contribution in [0.3, 0.4) is 0 Å². The van der Waals surface area contributed by atoms with Gasteiger partial charge >= 0.3 is 5.69 Å². The predicted octanol–water partition coefficient (Wildman–Crippen LogP) is 3.15. The average molecular weight is 457 g/mol. The molecule has 10 nitrogen and oxygen atoms in total. The fourth-order valence-corrected chi connectivity index (χ4v) is 5.05. The Morgan fingerprint density at radius 1 is 0.853 bits per heavy atom. The number of hydrogen-bond donors (Lipinski definition) is 1. The van der Waals surface area contributed by atoms with E-state index in [1.165, 1.54) is 17.3 Å². The minimum absolute atomic E-state index is 0.0200. The van der Waals surface area contributed by atoms with Crippen molar-refractivity contribution >= 4 is 34.0 Å². The number of aromatic nitrogens is 4. The first-order chi connectivity index (χ1) is 16.7. The number of benzene rings is 1. The lowest BCUT2D eigenvalue weighted by molar-refractivity contribution is -0.383. The smallest absolute Gasteiger partial charge is 0.353 e. The zero-order chi connectivity index (χ0) is 23.1. The fourth-order valence-electron chi connectivity index (χ4n) is 5.05. The van der Waals surface area contributed by atoms with Crippen molar-refractivity contribution in [2.45, 2.75) is 13.0 Å². The maximum absolute atomic E-state index is 12.2. The maximum Gasteiger partial charge on any atom is 0.353 e. The van der Waals surface area contributed by atoms with E-state index in [0.717, 1.165) is 36.5 Å². The zero-order valence-corrected chi connectivity index (χ0v) is 18.6. The number of aromatic amines is 1. The molecule has 2 aliphatic rings. The first-order valence-electron chi connectivity index (χ1n) is 11.4. The molecule has 0 spiro atoms. The van der Waals surface area contributed by atoms with Crippen LogP contribution in [0.15, 0.2) is 55.0 Å². The molecule has 34 heavy (non-hydrogen) atoms. The highest BCUT2D eigenvalue weighted by atomic mass is 16.6. The van der Waals surface area contributed by atoms with Gasteiger partial charge in [-0.2, -0.15) is 0 Å². The minimum Gasteiger partial charge on any atom is -0.357 e. The van der Waals surface area contributed by atoms with Crippen LogP contribution in [-0.4, -0.2) is 57.6 Å². The summed E-state index contributed by atoms with van der Waals surface area (Å²) in [6, 6.07) is 14.1. The summed E-state index contributed by atoms with van der Waals surface area (Å²) < 4.78 is 0. The highest BCUT2D eigenvalue weighted by molar-refractivity contribution is 5.85. The second kappa shape index (κ2) is 8.29. The Kier molecular flexibility index (Phi) is 4.97. The third-order valence-corrected chi connectivity index (χ3v) is 6.70. The van der Waals surface area contributed by atoms with Gasteiger partial charge in [0.15, 0.2) is 0 Å². The first kappa shape index (κ1) is 20.4. The molecule has 172 valence electrons. The summed E-state index contributed by atoms with van der Waals surface area (Å²) in [5, 5.41) is 13.5. The highest BCUT2D eigenvalue weighted by Gasteiger charge is 2.33. The molecule has 1 saturated heterocycles. The monoisotopic (exact) mass is 456 g/mol. The van der Waals surface area contributed by atoms with E-state index in [4.69, 9.17) is 0 Å². The zero-order valence-electron chi connectivity index (χ0n) is 18.6. The lowest BCUT2D eigenvalue weighted by atomic mass is 10.0. The van der Waals surface area contributed by atoms with Gasteiger partial charge in [0.1, 0.15) is 12.1 Å². The molecule has 1 fully saturated rings. The molecule has 3 aromatic heterocycles. The largest absolute Gasteiger partial charge is 0.357 e. The molecule has 0 radical (unpaired) electrons. The van der Waals surface area contributed by atoms with Crippen LogP contribution in [0.2, 0.25) is 0 Å². The number of nitrogens with one attached hydrogen (secondary N) is 1. The average Bonchev–Trinajstić information content (AvgIpc) is 3.26. The summed E-state index contributed by atoms with van der Waals surface area (Å²) in [5.74, 6) is 1.69. The molecule has 0 unspecified atom stereocenters. The Labute approximate surface area is 196 Å². The van der Waals surface area contributed by atoms with Gasteiger partial charge in [-0.1, -0.05) is 24.3 Å². The number of para-hydroxylation sites is 1. The van der Waals surface area contributed by atoms with Crippen LogP contribution in [0.5, 0.6) is 0 Å². The molecular weight excluding hydrogens is 432 g/mol. The van der Waals surface area contributed by atoms with Gasteiger partial charge in [-0.15, -0.1) is 0 Å². The molecule has 0 saturated carbocycles. The van der Waals surface area contributed by atoms with Crippen molar-refractivity contribution in [1.82, 2.24) is 19.9 Å². The minimum atomic E-state index is -0.337. The predicted molar refractivity (Wildman–Crippen MR) is 130 cm³/mol. The lowest BCUT2D eigenvalue weighted by Gasteiger charge is -2.36. The van der Waals surface area contributed by atoms with Gasteiger partial charge in [-0.25, -0.2) is 15.0 Å². The summed E-state index contributed by atoms with van der Waals surface area (Å²) in [7, 11) is 0. The van der Waals surface area contributed by atoms with Crippen molar-refractivity contribution in [2.24, 2.45) is 0 Å². The number of fused-ring (bicyclic) bond motifs is 3. The van der Waals surface area contributed by atoms with E-state index in [0.29, 0.717) is 37.8 Å². The Morgan fingerprint density at radius 2 is 1.59 bits per heavy atom. The molecule has 1 N–H and O–H groups in total. The molecule has 1 aromatic carbocycles. The third kappa shape index (κ3) is 3.47. The van der Waals surface area contributed by atoms with Gasteiger partial charge in [-0.3, -0.25) is 10.1 Å². The molecule has 0 aliphatic carbocycles. The van der Waals surface area contributed by atoms with Gasteiger partial charge in [0.2, 0.25) is 11.6 Å². The first-order valence-corrected chi connectivity index (χ1v) is 11.4. The highest BCUT2D eigenvalue weighted by Crippen LogP contribution is 2.37. The van der Waals surface area contributed by atoms with Crippen LogP contribution in [-0.2, 0) is 13.0 Å². The van der Waals surface area contributed by atoms with Gasteiger partial charge in [0.05, 0.1) is 11.5 Å². The van der Waals surface area contributed by atoms with Crippen molar-refractivity contribution in [1.29, 1.82) is 0 Å². The van der Waals surface area contributed by atoms with Crippen LogP contribution in [0.4, 0.5) is 23.1 Å². The van der Waals surface area contributed by atoms with Crippen LogP contribution in [0.25, 0.3) is 10.9 Å².